The standard InChI is InChI=1S/3CNS.K.Pt/c3*2-1-3;;/q3*-1;+1;+2. The monoisotopic (exact) mass is 408 g/mol. The van der Waals surface area contributed by atoms with Gasteiger partial charge in [-0.05, 0) is 0 Å². The Hall–Kier alpha value is 1.72. The molecular weight excluding hydrogens is 408 g/mol. The third-order valence-corrected chi connectivity index (χ3v) is 0. The Labute approximate surface area is 138 Å². The van der Waals surface area contributed by atoms with E-state index < -0.39 is 0 Å². The number of hydrogen-bond donors (Lipinski definition) is 0. The molecule has 56 valence electrons. The van der Waals surface area contributed by atoms with Crippen LogP contribution in [0.4, 0.5) is 0 Å². The second kappa shape index (κ2) is 60.4. The summed E-state index contributed by atoms with van der Waals surface area (Å²) < 4.78 is 0. The van der Waals surface area contributed by atoms with E-state index in [4.69, 9.17) is 16.2 Å². The van der Waals surface area contributed by atoms with Crippen LogP contribution in [0, 0.1) is 0 Å². The van der Waals surface area contributed by atoms with Crippen molar-refractivity contribution in [3.8, 4) is 0 Å². The molecule has 0 unspecified atom stereocenters. The smallest absolute Gasteiger partial charge is 0.753 e. The molecule has 0 aliphatic rings. The van der Waals surface area contributed by atoms with Crippen LogP contribution in [0.3, 0.4) is 0 Å². The van der Waals surface area contributed by atoms with E-state index in [2.05, 4.69) is 36.7 Å². The van der Waals surface area contributed by atoms with Gasteiger partial charge in [-0.25, -0.2) is 0 Å². The van der Waals surface area contributed by atoms with E-state index in [0.717, 1.165) is 0 Å². The zero-order chi connectivity index (χ0) is 8.12. The molecule has 0 bridgehead atoms. The van der Waals surface area contributed by atoms with Crippen molar-refractivity contribution < 1.29 is 72.4 Å². The molecule has 0 aliphatic carbocycles. The topological polar surface area (TPSA) is 66.9 Å². The normalized spacial score (nSPS) is 2.18. The van der Waals surface area contributed by atoms with Crippen LogP contribution in [-0.2, 0) is 21.1 Å². The summed E-state index contributed by atoms with van der Waals surface area (Å²) in [5.74, 6) is 0. The molecule has 0 aromatic rings. The molecule has 0 aromatic carbocycles. The summed E-state index contributed by atoms with van der Waals surface area (Å²) in [7, 11) is 0. The molecule has 0 amide bonds. The minimum Gasteiger partial charge on any atom is -0.753 e. The van der Waals surface area contributed by atoms with Gasteiger partial charge in [-0.3, -0.25) is 0 Å². The van der Waals surface area contributed by atoms with Gasteiger partial charge in [0.15, 0.2) is 0 Å². The van der Waals surface area contributed by atoms with E-state index in [-0.39, 0.29) is 72.4 Å². The Morgan fingerprint density at radius 1 is 0.727 bits per heavy atom. The van der Waals surface area contributed by atoms with Gasteiger partial charge in [-0.2, -0.15) is 15.5 Å². The van der Waals surface area contributed by atoms with Gasteiger partial charge in [-0.15, -0.1) is 0 Å². The second-order valence-corrected chi connectivity index (χ2v) is 0.822. The molecule has 0 fully saturated rings. The zero-order valence-corrected chi connectivity index (χ0v) is 13.2. The molecule has 0 spiro atoms. The van der Waals surface area contributed by atoms with Gasteiger partial charge in [0.1, 0.15) is 0 Å². The molecule has 0 saturated heterocycles. The predicted molar refractivity (Wildman–Crippen MR) is 47.9 cm³/mol. The van der Waals surface area contributed by atoms with Crippen LogP contribution in [-0.4, -0.2) is 15.5 Å². The fraction of sp³-hybridized carbons (Fsp3) is 0. The fourth-order valence-electron chi connectivity index (χ4n) is 0. The SMILES string of the molecule is [K+].[N-]=C=S.[N-]=C=S.[N-]=C=S.[Pt+2]. The van der Waals surface area contributed by atoms with Gasteiger partial charge in [-0.1, -0.05) is 36.7 Å². The summed E-state index contributed by atoms with van der Waals surface area (Å²) in [6.07, 6.45) is 0. The van der Waals surface area contributed by atoms with Gasteiger partial charge in [0.25, 0.3) is 0 Å². The van der Waals surface area contributed by atoms with Crippen molar-refractivity contribution in [3.63, 3.8) is 0 Å². The summed E-state index contributed by atoms with van der Waals surface area (Å²) in [5, 5.41) is 25.4. The van der Waals surface area contributed by atoms with Crippen LogP contribution in [0.25, 0.3) is 16.2 Å². The Bertz CT molecular complexity index is 115. The average molecular weight is 408 g/mol. The molecule has 3 nitrogen and oxygen atoms in total. The van der Waals surface area contributed by atoms with E-state index in [0.29, 0.717) is 0 Å². The summed E-state index contributed by atoms with van der Waals surface area (Å²) in [6.45, 7) is 0. The first-order valence-corrected chi connectivity index (χ1v) is 2.51. The number of isothiocyanates is 3. The number of nitrogens with zero attached hydrogens (tertiary/aromatic N) is 3. The third kappa shape index (κ3) is 373. The van der Waals surface area contributed by atoms with Crippen molar-refractivity contribution in [2.24, 2.45) is 0 Å². The van der Waals surface area contributed by atoms with E-state index in [1.54, 1.807) is 0 Å². The maximum atomic E-state index is 7.13. The molecular formula is C3KN3PtS3. The number of rotatable bonds is 0. The number of thiocarbonyl (C=S) groups is 3. The first-order chi connectivity index (χ1) is 4.24. The van der Waals surface area contributed by atoms with Gasteiger partial charge in [0.05, 0.1) is 0 Å². The Balaban J connectivity index is -0.0000000150. The largest absolute Gasteiger partial charge is 2.00 e. The van der Waals surface area contributed by atoms with Gasteiger partial charge < -0.3 is 16.2 Å². The predicted octanol–water partition coefficient (Wildman–Crippen LogP) is -1.02. The van der Waals surface area contributed by atoms with E-state index in [1.807, 2.05) is 0 Å². The maximum Gasteiger partial charge on any atom is 2.00 e. The van der Waals surface area contributed by atoms with Crippen molar-refractivity contribution in [1.82, 2.24) is 0 Å². The Morgan fingerprint density at radius 2 is 0.727 bits per heavy atom. The van der Waals surface area contributed by atoms with Crippen LogP contribution in [0.5, 0.6) is 0 Å². The second-order valence-electron chi connectivity index (χ2n) is 0.274. The summed E-state index contributed by atoms with van der Waals surface area (Å²) >= 11 is 11.1. The molecule has 0 N–H and O–H groups in total. The van der Waals surface area contributed by atoms with Crippen molar-refractivity contribution in [3.05, 3.63) is 16.2 Å². The fourth-order valence-corrected chi connectivity index (χ4v) is 0. The minimum atomic E-state index is 0. The average Bonchev–Trinajstić information content (AvgIpc) is 1.70. The summed E-state index contributed by atoms with van der Waals surface area (Å²) in [4.78, 5) is 0. The van der Waals surface area contributed by atoms with Crippen LogP contribution >= 0.6 is 36.7 Å². The van der Waals surface area contributed by atoms with Gasteiger partial charge in [0, 0.05) is 0 Å². The minimum absolute atomic E-state index is 0. The van der Waals surface area contributed by atoms with Crippen molar-refractivity contribution in [2.75, 3.05) is 0 Å². The quantitative estimate of drug-likeness (QED) is 0.293. The Morgan fingerprint density at radius 3 is 0.727 bits per heavy atom. The molecule has 0 rings (SSSR count). The molecule has 8 heteroatoms. The molecule has 0 saturated carbocycles. The third-order valence-electron chi connectivity index (χ3n) is 0. The van der Waals surface area contributed by atoms with Gasteiger partial charge in [0.2, 0.25) is 0 Å². The Kier molecular flexibility index (Phi) is 161. The van der Waals surface area contributed by atoms with Crippen molar-refractivity contribution >= 4 is 52.1 Å². The van der Waals surface area contributed by atoms with E-state index in [9.17, 15) is 0 Å². The van der Waals surface area contributed by atoms with Crippen LogP contribution < -0.4 is 51.4 Å². The van der Waals surface area contributed by atoms with Crippen LogP contribution in [0.1, 0.15) is 0 Å². The van der Waals surface area contributed by atoms with E-state index >= 15 is 0 Å². The first kappa shape index (κ1) is 29.3. The van der Waals surface area contributed by atoms with Crippen molar-refractivity contribution in [2.45, 2.75) is 0 Å². The van der Waals surface area contributed by atoms with Crippen molar-refractivity contribution in [1.29, 1.82) is 0 Å². The number of hydrogen-bond acceptors (Lipinski definition) is 3. The van der Waals surface area contributed by atoms with Gasteiger partial charge >= 0.3 is 72.4 Å². The first-order valence-electron chi connectivity index (χ1n) is 1.28. The maximum absolute atomic E-state index is 7.13. The zero-order valence-electron chi connectivity index (χ0n) is 5.38. The van der Waals surface area contributed by atoms with Crippen LogP contribution in [0.2, 0.25) is 0 Å². The summed E-state index contributed by atoms with van der Waals surface area (Å²) in [5.41, 5.74) is 0. The summed E-state index contributed by atoms with van der Waals surface area (Å²) in [6, 6.07) is 0. The molecule has 0 aromatic heterocycles. The molecule has 0 aliphatic heterocycles. The molecule has 11 heavy (non-hydrogen) atoms. The molecule has 0 atom stereocenters. The molecule has 0 heterocycles. The molecule has 0 radical (unpaired) electrons. The van der Waals surface area contributed by atoms with E-state index in [1.165, 1.54) is 15.5 Å². The van der Waals surface area contributed by atoms with Crippen LogP contribution in [0.15, 0.2) is 0 Å².